The van der Waals surface area contributed by atoms with E-state index in [1.165, 1.54) is 24.1 Å². The Bertz CT molecular complexity index is 1320. The van der Waals surface area contributed by atoms with Crippen molar-refractivity contribution in [3.8, 4) is 5.75 Å². The monoisotopic (exact) mass is 497 g/mol. The lowest BCUT2D eigenvalue weighted by Crippen LogP contribution is -2.42. The van der Waals surface area contributed by atoms with Gasteiger partial charge in [-0.15, -0.1) is 0 Å². The zero-order valence-corrected chi connectivity index (χ0v) is 20.8. The first-order valence-electron chi connectivity index (χ1n) is 12.9. The number of hydrogen-bond acceptors (Lipinski definition) is 5. The lowest BCUT2D eigenvalue weighted by molar-refractivity contribution is -0.139. The first-order chi connectivity index (χ1) is 18.0. The average Bonchev–Trinajstić information content (AvgIpc) is 3.39. The van der Waals surface area contributed by atoms with Gasteiger partial charge in [0.05, 0.1) is 13.2 Å². The molecule has 0 fully saturated rings. The molecule has 3 aromatic rings. The van der Waals surface area contributed by atoms with Crippen LogP contribution in [-0.4, -0.2) is 40.8 Å². The molecular formula is C30H31N3O4. The maximum Gasteiger partial charge on any atom is 0.326 e. The van der Waals surface area contributed by atoms with Gasteiger partial charge in [0.2, 0.25) is 0 Å². The third-order valence-electron chi connectivity index (χ3n) is 6.95. The van der Waals surface area contributed by atoms with Crippen LogP contribution in [0.1, 0.15) is 63.3 Å². The van der Waals surface area contributed by atoms with Gasteiger partial charge < -0.3 is 15.2 Å². The molecule has 1 atom stereocenters. The summed E-state index contributed by atoms with van der Waals surface area (Å²) in [4.78, 5) is 33.5. The second kappa shape index (κ2) is 11.4. The smallest absolute Gasteiger partial charge is 0.326 e. The zero-order valence-electron chi connectivity index (χ0n) is 20.8. The molecule has 0 spiro atoms. The molecule has 0 saturated carbocycles. The Kier molecular flexibility index (Phi) is 7.59. The fraction of sp³-hybridized carbons (Fsp3) is 0.333. The van der Waals surface area contributed by atoms with Gasteiger partial charge in [0.15, 0.2) is 0 Å². The van der Waals surface area contributed by atoms with E-state index in [9.17, 15) is 14.7 Å². The Labute approximate surface area is 216 Å². The summed E-state index contributed by atoms with van der Waals surface area (Å²) in [5.41, 5.74) is 6.96. The fourth-order valence-electron chi connectivity index (χ4n) is 4.85. The first-order valence-corrected chi connectivity index (χ1v) is 12.9. The normalized spacial score (nSPS) is 14.5. The second-order valence-electron chi connectivity index (χ2n) is 9.66. The predicted molar refractivity (Wildman–Crippen MR) is 141 cm³/mol. The summed E-state index contributed by atoms with van der Waals surface area (Å²) in [6.45, 7) is 1.19. The largest absolute Gasteiger partial charge is 0.494 e. The van der Waals surface area contributed by atoms with Gasteiger partial charge in [-0.05, 0) is 91.1 Å². The van der Waals surface area contributed by atoms with E-state index >= 15 is 0 Å². The minimum Gasteiger partial charge on any atom is -0.494 e. The summed E-state index contributed by atoms with van der Waals surface area (Å²) in [5, 5.41) is 12.3. The minimum atomic E-state index is -1.08. The Hall–Kier alpha value is -4.00. The predicted octanol–water partition coefficient (Wildman–Crippen LogP) is 4.33. The molecule has 37 heavy (non-hydrogen) atoms. The summed E-state index contributed by atoms with van der Waals surface area (Å²) in [6.07, 6.45) is 8.38. The van der Waals surface area contributed by atoms with Gasteiger partial charge in [0.25, 0.3) is 5.91 Å². The van der Waals surface area contributed by atoms with Gasteiger partial charge in [0.1, 0.15) is 11.8 Å². The van der Waals surface area contributed by atoms with E-state index in [1.54, 1.807) is 18.3 Å². The third kappa shape index (κ3) is 6.23. The molecule has 7 heteroatoms. The van der Waals surface area contributed by atoms with Crippen LogP contribution in [0.5, 0.6) is 5.75 Å². The number of amides is 1. The lowest BCUT2D eigenvalue weighted by Gasteiger charge is -2.16. The molecule has 7 nitrogen and oxygen atoms in total. The van der Waals surface area contributed by atoms with Crippen LogP contribution in [0.15, 0.2) is 59.6 Å². The van der Waals surface area contributed by atoms with Crippen molar-refractivity contribution in [2.24, 2.45) is 4.99 Å². The maximum absolute atomic E-state index is 12.7. The van der Waals surface area contributed by atoms with Gasteiger partial charge in [-0.25, -0.2) is 4.79 Å². The highest BCUT2D eigenvalue weighted by atomic mass is 16.5. The molecule has 0 saturated heterocycles. The van der Waals surface area contributed by atoms with E-state index in [0.29, 0.717) is 18.7 Å². The number of aliphatic carboxylic acids is 1. The number of aliphatic imine (C=N–C) groups is 1. The van der Waals surface area contributed by atoms with Gasteiger partial charge >= 0.3 is 5.97 Å². The van der Waals surface area contributed by atoms with Crippen LogP contribution in [0, 0.1) is 0 Å². The number of fused-ring (bicyclic) bond motifs is 2. The zero-order chi connectivity index (χ0) is 25.6. The molecule has 5 rings (SSSR count). The van der Waals surface area contributed by atoms with Crippen molar-refractivity contribution in [2.75, 3.05) is 6.61 Å². The van der Waals surface area contributed by atoms with Gasteiger partial charge in [-0.3, -0.25) is 14.8 Å². The summed E-state index contributed by atoms with van der Waals surface area (Å²) in [5.74, 6) is -0.756. The van der Waals surface area contributed by atoms with Crippen LogP contribution in [0.25, 0.3) is 0 Å². The number of aryl methyl sites for hydroxylation is 3. The fourth-order valence-corrected chi connectivity index (χ4v) is 4.85. The number of nitrogens with one attached hydrogen (secondary N) is 1. The molecular weight excluding hydrogens is 466 g/mol. The van der Waals surface area contributed by atoms with Crippen LogP contribution in [0.2, 0.25) is 0 Å². The number of ether oxygens (including phenoxy) is 1. The number of carboxylic acids is 1. The van der Waals surface area contributed by atoms with Crippen LogP contribution in [0.3, 0.4) is 0 Å². The van der Waals surface area contributed by atoms with Crippen LogP contribution < -0.4 is 10.1 Å². The molecule has 0 unspecified atom stereocenters. The molecule has 1 aliphatic heterocycles. The molecule has 1 aliphatic carbocycles. The molecule has 1 aromatic heterocycles. The van der Waals surface area contributed by atoms with E-state index in [0.717, 1.165) is 53.8 Å². The number of aromatic nitrogens is 1. The quantitative estimate of drug-likeness (QED) is 0.406. The number of carbonyl (C=O) groups is 2. The van der Waals surface area contributed by atoms with Crippen LogP contribution in [0.4, 0.5) is 0 Å². The van der Waals surface area contributed by atoms with Gasteiger partial charge in [-0.1, -0.05) is 24.3 Å². The Balaban J connectivity index is 1.10. The number of rotatable bonds is 10. The van der Waals surface area contributed by atoms with E-state index in [1.807, 2.05) is 30.3 Å². The Morgan fingerprint density at radius 2 is 1.81 bits per heavy atom. The van der Waals surface area contributed by atoms with Gasteiger partial charge in [-0.2, -0.15) is 0 Å². The van der Waals surface area contributed by atoms with E-state index in [-0.39, 0.29) is 6.42 Å². The number of carbonyl (C=O) groups excluding carboxylic acids is 1. The summed E-state index contributed by atoms with van der Waals surface area (Å²) >= 11 is 0. The van der Waals surface area contributed by atoms with Crippen molar-refractivity contribution in [1.82, 2.24) is 10.3 Å². The number of hydrogen-bond donors (Lipinski definition) is 2. The Morgan fingerprint density at radius 1 is 1.00 bits per heavy atom. The van der Waals surface area contributed by atoms with Crippen LogP contribution >= 0.6 is 0 Å². The average molecular weight is 498 g/mol. The summed E-state index contributed by atoms with van der Waals surface area (Å²) < 4.78 is 5.88. The number of nitrogens with zero attached hydrogens (tertiary/aromatic N) is 2. The van der Waals surface area contributed by atoms with Crippen molar-refractivity contribution in [3.63, 3.8) is 0 Å². The lowest BCUT2D eigenvalue weighted by atomic mass is 9.95. The van der Waals surface area contributed by atoms with Crippen molar-refractivity contribution in [2.45, 2.75) is 57.5 Å². The SMILES string of the molecule is O=C(N[C@@H](Cc1ccc(OCCCc2ccc3c(n2)CCCC3)cc1)C(=O)O)c1ccc2c(c1)C=NC2. The molecule has 0 bridgehead atoms. The van der Waals surface area contributed by atoms with Gasteiger partial charge in [0, 0.05) is 29.6 Å². The number of benzene rings is 2. The van der Waals surface area contributed by atoms with Crippen molar-refractivity contribution >= 4 is 18.1 Å². The van der Waals surface area contributed by atoms with E-state index in [4.69, 9.17) is 9.72 Å². The van der Waals surface area contributed by atoms with Crippen molar-refractivity contribution in [3.05, 3.63) is 93.8 Å². The maximum atomic E-state index is 12.7. The summed E-state index contributed by atoms with van der Waals surface area (Å²) in [7, 11) is 0. The Morgan fingerprint density at radius 3 is 2.65 bits per heavy atom. The third-order valence-corrected chi connectivity index (χ3v) is 6.95. The number of pyridine rings is 1. The standard InChI is InChI=1S/C30H31N3O4/c34-29(22-9-10-23-18-31-19-24(23)17-22)33-28(30(35)36)16-20-7-13-26(14-8-20)37-15-3-5-25-12-11-21-4-1-2-6-27(21)32-25/h7-14,17,19,28H,1-6,15-16,18H2,(H,33,34)(H,35,36)/t28-/m0/s1. The van der Waals surface area contributed by atoms with E-state index < -0.39 is 17.9 Å². The molecule has 0 radical (unpaired) electrons. The highest BCUT2D eigenvalue weighted by Crippen LogP contribution is 2.21. The molecule has 1 amide bonds. The highest BCUT2D eigenvalue weighted by molar-refractivity contribution is 5.98. The van der Waals surface area contributed by atoms with Crippen molar-refractivity contribution in [1.29, 1.82) is 0 Å². The molecule has 2 heterocycles. The first kappa shape index (κ1) is 24.7. The molecule has 190 valence electrons. The number of carboxylic acid groups (broad SMARTS) is 1. The summed E-state index contributed by atoms with van der Waals surface area (Å²) in [6, 6.07) is 16.0. The highest BCUT2D eigenvalue weighted by Gasteiger charge is 2.22. The minimum absolute atomic E-state index is 0.178. The van der Waals surface area contributed by atoms with E-state index in [2.05, 4.69) is 22.4 Å². The molecule has 2 aliphatic rings. The van der Waals surface area contributed by atoms with Crippen LogP contribution in [-0.2, 0) is 37.0 Å². The molecule has 2 aromatic carbocycles. The molecule has 2 N–H and O–H groups in total. The topological polar surface area (TPSA) is 101 Å². The van der Waals surface area contributed by atoms with Crippen molar-refractivity contribution < 1.29 is 19.4 Å². The second-order valence-corrected chi connectivity index (χ2v) is 9.66.